The highest BCUT2D eigenvalue weighted by atomic mass is 19.4. The fourth-order valence-electron chi connectivity index (χ4n) is 1.62. The fraction of sp³-hybridized carbons (Fsp3) is 0.385. The lowest BCUT2D eigenvalue weighted by Crippen LogP contribution is -2.30. The van der Waals surface area contributed by atoms with E-state index in [9.17, 15) is 18.0 Å². The first-order chi connectivity index (χ1) is 10.3. The number of benzene rings is 1. The lowest BCUT2D eigenvalue weighted by molar-refractivity contribution is -0.274. The van der Waals surface area contributed by atoms with Crippen LogP contribution >= 0.6 is 0 Å². The third kappa shape index (κ3) is 5.51. The van der Waals surface area contributed by atoms with Gasteiger partial charge in [-0.05, 0) is 25.0 Å². The van der Waals surface area contributed by atoms with Crippen LogP contribution in [0.2, 0.25) is 0 Å². The Labute approximate surface area is 124 Å². The molecule has 120 valence electrons. The van der Waals surface area contributed by atoms with Crippen molar-refractivity contribution >= 4 is 17.6 Å². The van der Waals surface area contributed by atoms with Gasteiger partial charge in [-0.25, -0.2) is 4.99 Å². The van der Waals surface area contributed by atoms with Crippen molar-refractivity contribution in [2.24, 2.45) is 10.7 Å². The van der Waals surface area contributed by atoms with Crippen LogP contribution in [0.25, 0.3) is 0 Å². The maximum Gasteiger partial charge on any atom is 0.573 e. The highest BCUT2D eigenvalue weighted by molar-refractivity contribution is 5.95. The van der Waals surface area contributed by atoms with Crippen molar-refractivity contribution < 1.29 is 22.7 Å². The molecule has 1 saturated carbocycles. The first kappa shape index (κ1) is 15.9. The van der Waals surface area contributed by atoms with E-state index < -0.39 is 12.1 Å². The summed E-state index contributed by atoms with van der Waals surface area (Å²) in [6.45, 7) is -0.197. The first-order valence-corrected chi connectivity index (χ1v) is 6.54. The van der Waals surface area contributed by atoms with Gasteiger partial charge in [-0.1, -0.05) is 12.1 Å². The largest absolute Gasteiger partial charge is 0.573 e. The summed E-state index contributed by atoms with van der Waals surface area (Å²) < 4.78 is 40.7. The Morgan fingerprint density at radius 1 is 1.36 bits per heavy atom. The van der Waals surface area contributed by atoms with E-state index >= 15 is 0 Å². The van der Waals surface area contributed by atoms with Crippen LogP contribution in [0.15, 0.2) is 29.3 Å². The second-order valence-corrected chi connectivity index (χ2v) is 4.71. The minimum Gasteiger partial charge on any atom is -0.404 e. The Morgan fingerprint density at radius 2 is 2.05 bits per heavy atom. The molecule has 0 aromatic heterocycles. The topological polar surface area (TPSA) is 88.7 Å². The number of amides is 1. The molecule has 0 unspecified atom stereocenters. The molecule has 1 aliphatic rings. The number of hydrogen-bond acceptors (Lipinski definition) is 3. The standard InChI is InChI=1S/C13H15F3N4O2/c14-13(15,16)22-10-4-2-1-3-9(10)20-12(17)18-7-11(21)19-8-5-6-8/h1-4,8H,5-7H2,(H,19,21)(H3,17,18,20). The highest BCUT2D eigenvalue weighted by Gasteiger charge is 2.32. The Kier molecular flexibility index (Phi) is 4.74. The predicted octanol–water partition coefficient (Wildman–Crippen LogP) is 1.59. The van der Waals surface area contributed by atoms with Crippen LogP contribution in [-0.2, 0) is 4.79 Å². The van der Waals surface area contributed by atoms with Gasteiger partial charge in [0.25, 0.3) is 0 Å². The smallest absolute Gasteiger partial charge is 0.404 e. The number of halogens is 3. The molecular weight excluding hydrogens is 301 g/mol. The number of aliphatic imine (C=N–C) groups is 1. The van der Waals surface area contributed by atoms with Crippen molar-refractivity contribution in [2.45, 2.75) is 25.2 Å². The number of nitrogens with zero attached hydrogens (tertiary/aromatic N) is 1. The maximum atomic E-state index is 12.3. The minimum atomic E-state index is -4.81. The lowest BCUT2D eigenvalue weighted by atomic mass is 10.3. The molecule has 4 N–H and O–H groups in total. The summed E-state index contributed by atoms with van der Waals surface area (Å²) in [7, 11) is 0. The molecule has 1 fully saturated rings. The molecule has 1 aromatic rings. The van der Waals surface area contributed by atoms with Crippen LogP contribution in [0.3, 0.4) is 0 Å². The summed E-state index contributed by atoms with van der Waals surface area (Å²) in [5, 5.41) is 5.19. The number of rotatable bonds is 5. The fourth-order valence-corrected chi connectivity index (χ4v) is 1.62. The number of anilines is 1. The van der Waals surface area contributed by atoms with Gasteiger partial charge in [0.2, 0.25) is 5.91 Å². The van der Waals surface area contributed by atoms with Gasteiger partial charge < -0.3 is 21.1 Å². The van der Waals surface area contributed by atoms with Crippen molar-refractivity contribution in [3.63, 3.8) is 0 Å². The number of nitrogens with two attached hydrogens (primary N) is 1. The Bertz CT molecular complexity index is 571. The highest BCUT2D eigenvalue weighted by Crippen LogP contribution is 2.29. The molecule has 6 nitrogen and oxygen atoms in total. The number of ether oxygens (including phenoxy) is 1. The van der Waals surface area contributed by atoms with E-state index in [0.717, 1.165) is 18.9 Å². The molecule has 9 heteroatoms. The van der Waals surface area contributed by atoms with E-state index in [1.807, 2.05) is 0 Å². The number of guanidine groups is 1. The Morgan fingerprint density at radius 3 is 2.68 bits per heavy atom. The van der Waals surface area contributed by atoms with Crippen molar-refractivity contribution in [1.82, 2.24) is 5.32 Å². The number of alkyl halides is 3. The van der Waals surface area contributed by atoms with E-state index in [2.05, 4.69) is 20.4 Å². The average molecular weight is 316 g/mol. The number of carbonyl (C=O) groups is 1. The van der Waals surface area contributed by atoms with Gasteiger partial charge in [0.15, 0.2) is 11.7 Å². The van der Waals surface area contributed by atoms with Crippen molar-refractivity contribution in [1.29, 1.82) is 0 Å². The molecule has 22 heavy (non-hydrogen) atoms. The second-order valence-electron chi connectivity index (χ2n) is 4.71. The van der Waals surface area contributed by atoms with Gasteiger partial charge >= 0.3 is 6.36 Å². The molecule has 0 heterocycles. The molecule has 0 aliphatic heterocycles. The number of para-hydroxylation sites is 2. The third-order valence-corrected chi connectivity index (χ3v) is 2.71. The summed E-state index contributed by atoms with van der Waals surface area (Å²) in [6.07, 6.45) is -2.91. The summed E-state index contributed by atoms with van der Waals surface area (Å²) in [5.41, 5.74) is 5.56. The SMILES string of the molecule is NC(=NCC(=O)NC1CC1)Nc1ccccc1OC(F)(F)F. The summed E-state index contributed by atoms with van der Waals surface area (Å²) >= 11 is 0. The lowest BCUT2D eigenvalue weighted by Gasteiger charge is -2.14. The van der Waals surface area contributed by atoms with Crippen LogP contribution in [0.4, 0.5) is 18.9 Å². The van der Waals surface area contributed by atoms with Crippen molar-refractivity contribution in [2.75, 3.05) is 11.9 Å². The van der Waals surface area contributed by atoms with E-state index in [1.54, 1.807) is 0 Å². The number of carbonyl (C=O) groups excluding carboxylic acids is 1. The van der Waals surface area contributed by atoms with Crippen molar-refractivity contribution in [3.8, 4) is 5.75 Å². The van der Waals surface area contributed by atoms with E-state index in [1.165, 1.54) is 18.2 Å². The van der Waals surface area contributed by atoms with Crippen LogP contribution in [-0.4, -0.2) is 30.8 Å². The Balaban J connectivity index is 1.95. The summed E-state index contributed by atoms with van der Waals surface area (Å²) in [6, 6.07) is 5.61. The van der Waals surface area contributed by atoms with E-state index in [-0.39, 0.29) is 30.1 Å². The van der Waals surface area contributed by atoms with Gasteiger partial charge in [-0.15, -0.1) is 13.2 Å². The number of hydrogen-bond donors (Lipinski definition) is 3. The van der Waals surface area contributed by atoms with Crippen LogP contribution < -0.4 is 21.1 Å². The zero-order valence-corrected chi connectivity index (χ0v) is 11.5. The van der Waals surface area contributed by atoms with E-state index in [4.69, 9.17) is 5.73 Å². The Hall–Kier alpha value is -2.45. The normalized spacial score (nSPS) is 15.3. The zero-order chi connectivity index (χ0) is 16.2. The minimum absolute atomic E-state index is 0.00340. The third-order valence-electron chi connectivity index (χ3n) is 2.71. The predicted molar refractivity (Wildman–Crippen MR) is 74.4 cm³/mol. The van der Waals surface area contributed by atoms with Crippen LogP contribution in [0, 0.1) is 0 Å². The molecule has 1 aliphatic carbocycles. The molecule has 0 spiro atoms. The number of nitrogens with one attached hydrogen (secondary N) is 2. The van der Waals surface area contributed by atoms with Crippen molar-refractivity contribution in [3.05, 3.63) is 24.3 Å². The molecular formula is C13H15F3N4O2. The summed E-state index contributed by atoms with van der Waals surface area (Å²) in [4.78, 5) is 15.2. The molecule has 0 bridgehead atoms. The molecule has 0 atom stereocenters. The second kappa shape index (κ2) is 6.54. The van der Waals surface area contributed by atoms with Gasteiger partial charge in [0, 0.05) is 6.04 Å². The van der Waals surface area contributed by atoms with Gasteiger partial charge in [-0.2, -0.15) is 0 Å². The van der Waals surface area contributed by atoms with Crippen LogP contribution in [0.5, 0.6) is 5.75 Å². The molecule has 2 rings (SSSR count). The molecule has 0 radical (unpaired) electrons. The zero-order valence-electron chi connectivity index (χ0n) is 11.5. The van der Waals surface area contributed by atoms with Gasteiger partial charge in [0.1, 0.15) is 6.54 Å². The summed E-state index contributed by atoms with van der Waals surface area (Å²) in [5.74, 6) is -0.896. The average Bonchev–Trinajstić information content (AvgIpc) is 3.21. The first-order valence-electron chi connectivity index (χ1n) is 6.54. The molecule has 0 saturated heterocycles. The quantitative estimate of drug-likeness (QED) is 0.568. The van der Waals surface area contributed by atoms with Gasteiger partial charge in [-0.3, -0.25) is 4.79 Å². The van der Waals surface area contributed by atoms with E-state index in [0.29, 0.717) is 0 Å². The van der Waals surface area contributed by atoms with Crippen LogP contribution in [0.1, 0.15) is 12.8 Å². The maximum absolute atomic E-state index is 12.3. The molecule has 1 amide bonds. The van der Waals surface area contributed by atoms with Gasteiger partial charge in [0.05, 0.1) is 5.69 Å². The monoisotopic (exact) mass is 316 g/mol. The molecule has 1 aromatic carbocycles.